The largest absolute Gasteiger partial charge is 0.388 e. The van der Waals surface area contributed by atoms with E-state index in [0.29, 0.717) is 0 Å². The summed E-state index contributed by atoms with van der Waals surface area (Å²) in [6.45, 7) is 2.11. The highest BCUT2D eigenvalue weighted by Crippen LogP contribution is 2.30. The molecule has 0 spiro atoms. The van der Waals surface area contributed by atoms with Crippen LogP contribution in [-0.2, 0) is 23.8 Å². The van der Waals surface area contributed by atoms with Crippen LogP contribution in [0.3, 0.4) is 0 Å². The van der Waals surface area contributed by atoms with Crippen molar-refractivity contribution in [3.63, 3.8) is 0 Å². The normalized spacial score (nSPS) is 33.3. The second kappa shape index (κ2) is 5.09. The topological polar surface area (TPSA) is 82.1 Å². The van der Waals surface area contributed by atoms with E-state index in [-0.39, 0.29) is 18.1 Å². The predicted octanol–water partition coefficient (Wildman–Crippen LogP) is 0.227. The summed E-state index contributed by atoms with van der Waals surface area (Å²) in [7, 11) is -3.86. The molecule has 2 aliphatic rings. The second-order valence-corrected chi connectivity index (χ2v) is 6.64. The summed E-state index contributed by atoms with van der Waals surface area (Å²) in [5.74, 6) is 0. The number of rotatable bonds is 3. The van der Waals surface area contributed by atoms with E-state index >= 15 is 0 Å². The van der Waals surface area contributed by atoms with Crippen molar-refractivity contribution < 1.29 is 27.2 Å². The molecule has 2 heterocycles. The molecule has 1 N–H and O–H groups in total. The number of fused-ring (bicyclic) bond motifs is 1. The number of hydrogen-bond donors (Lipinski definition) is 1. The van der Waals surface area contributed by atoms with Crippen LogP contribution in [0.5, 0.6) is 0 Å². The first kappa shape index (κ1) is 14.0. The van der Waals surface area contributed by atoms with E-state index in [2.05, 4.69) is 0 Å². The molecule has 2 saturated heterocycles. The zero-order valence-corrected chi connectivity index (χ0v) is 11.7. The number of hydrogen-bond acceptors (Lipinski definition) is 6. The first-order chi connectivity index (χ1) is 9.47. The maximum Gasteiger partial charge on any atom is 0.297 e. The average Bonchev–Trinajstić information content (AvgIpc) is 2.95. The molecule has 0 aliphatic carbocycles. The lowest BCUT2D eigenvalue weighted by atomic mass is 10.1. The molecular formula is C13H16O6S. The molecule has 20 heavy (non-hydrogen) atoms. The highest BCUT2D eigenvalue weighted by Gasteiger charge is 2.49. The molecule has 1 aromatic rings. The van der Waals surface area contributed by atoms with Crippen molar-refractivity contribution in [2.75, 3.05) is 13.2 Å². The van der Waals surface area contributed by atoms with Gasteiger partial charge in [0.2, 0.25) is 0 Å². The Bertz CT molecular complexity index is 581. The predicted molar refractivity (Wildman–Crippen MR) is 68.7 cm³/mol. The fraction of sp³-hybridized carbons (Fsp3) is 0.538. The summed E-state index contributed by atoms with van der Waals surface area (Å²) in [5, 5.41) is 9.61. The van der Waals surface area contributed by atoms with Crippen molar-refractivity contribution in [1.82, 2.24) is 0 Å². The van der Waals surface area contributed by atoms with Crippen molar-refractivity contribution in [3.8, 4) is 0 Å². The molecule has 0 amide bonds. The molecule has 6 nitrogen and oxygen atoms in total. The zero-order valence-electron chi connectivity index (χ0n) is 10.9. The van der Waals surface area contributed by atoms with Gasteiger partial charge < -0.3 is 14.6 Å². The Labute approximate surface area is 117 Å². The van der Waals surface area contributed by atoms with Crippen LogP contribution < -0.4 is 0 Å². The third-order valence-corrected chi connectivity index (χ3v) is 4.89. The first-order valence-electron chi connectivity index (χ1n) is 6.38. The van der Waals surface area contributed by atoms with Gasteiger partial charge >= 0.3 is 0 Å². The van der Waals surface area contributed by atoms with Gasteiger partial charge in [-0.3, -0.25) is 4.18 Å². The average molecular weight is 300 g/mol. The minimum absolute atomic E-state index is 0.0947. The van der Waals surface area contributed by atoms with Gasteiger partial charge in [0.05, 0.1) is 18.1 Å². The number of aliphatic hydroxyl groups is 1. The molecule has 110 valence electrons. The fourth-order valence-corrected chi connectivity index (χ4v) is 3.52. The van der Waals surface area contributed by atoms with E-state index in [1.807, 2.05) is 6.92 Å². The SMILES string of the molecule is Cc1ccc(S(=O)(=O)O[C@@H]2COC3C2OC[C@@H]3O)cc1. The number of aliphatic hydroxyl groups excluding tert-OH is 1. The van der Waals surface area contributed by atoms with Gasteiger partial charge in [-0.05, 0) is 19.1 Å². The summed E-state index contributed by atoms with van der Waals surface area (Å²) in [4.78, 5) is 0.102. The van der Waals surface area contributed by atoms with Crippen LogP contribution in [0.4, 0.5) is 0 Å². The molecule has 7 heteroatoms. The minimum atomic E-state index is -3.86. The van der Waals surface area contributed by atoms with Gasteiger partial charge in [-0.1, -0.05) is 17.7 Å². The van der Waals surface area contributed by atoms with Crippen LogP contribution >= 0.6 is 0 Å². The van der Waals surface area contributed by atoms with Crippen molar-refractivity contribution in [2.24, 2.45) is 0 Å². The Morgan fingerprint density at radius 3 is 2.50 bits per heavy atom. The van der Waals surface area contributed by atoms with Crippen molar-refractivity contribution >= 4 is 10.1 Å². The number of benzene rings is 1. The van der Waals surface area contributed by atoms with Gasteiger partial charge in [0.1, 0.15) is 24.4 Å². The molecule has 2 fully saturated rings. The van der Waals surface area contributed by atoms with Crippen LogP contribution in [0.2, 0.25) is 0 Å². The van der Waals surface area contributed by atoms with Gasteiger partial charge in [0.15, 0.2) is 0 Å². The Kier molecular flexibility index (Phi) is 3.55. The van der Waals surface area contributed by atoms with E-state index in [0.717, 1.165) is 5.56 Å². The maximum absolute atomic E-state index is 12.2. The molecule has 0 saturated carbocycles. The lowest BCUT2D eigenvalue weighted by Crippen LogP contribution is -2.34. The third kappa shape index (κ3) is 2.47. The molecule has 0 radical (unpaired) electrons. The Balaban J connectivity index is 1.76. The van der Waals surface area contributed by atoms with Crippen LogP contribution in [-0.4, -0.2) is 51.2 Å². The number of aryl methyl sites for hydroxylation is 1. The minimum Gasteiger partial charge on any atom is -0.388 e. The van der Waals surface area contributed by atoms with E-state index in [1.165, 1.54) is 12.1 Å². The van der Waals surface area contributed by atoms with Crippen LogP contribution in [0.25, 0.3) is 0 Å². The number of ether oxygens (including phenoxy) is 2. The van der Waals surface area contributed by atoms with E-state index in [1.54, 1.807) is 12.1 Å². The quantitative estimate of drug-likeness (QED) is 0.805. The summed E-state index contributed by atoms with van der Waals surface area (Å²) in [5.41, 5.74) is 0.968. The molecule has 0 bridgehead atoms. The first-order valence-corrected chi connectivity index (χ1v) is 7.79. The molecule has 4 atom stereocenters. The molecule has 3 rings (SSSR count). The van der Waals surface area contributed by atoms with Gasteiger partial charge in [-0.15, -0.1) is 0 Å². The van der Waals surface area contributed by atoms with Crippen molar-refractivity contribution in [2.45, 2.75) is 36.2 Å². The summed E-state index contributed by atoms with van der Waals surface area (Å²) < 4.78 is 40.2. The third-order valence-electron chi connectivity index (χ3n) is 3.54. The summed E-state index contributed by atoms with van der Waals surface area (Å²) >= 11 is 0. The Hall–Kier alpha value is -0.990. The highest BCUT2D eigenvalue weighted by atomic mass is 32.2. The fourth-order valence-electron chi connectivity index (χ4n) is 2.45. The molecule has 0 aromatic heterocycles. The smallest absolute Gasteiger partial charge is 0.297 e. The van der Waals surface area contributed by atoms with Gasteiger partial charge in [-0.2, -0.15) is 8.42 Å². The summed E-state index contributed by atoms with van der Waals surface area (Å²) in [6.07, 6.45) is -2.49. The Morgan fingerprint density at radius 1 is 1.15 bits per heavy atom. The van der Waals surface area contributed by atoms with Crippen LogP contribution in [0, 0.1) is 6.92 Å². The van der Waals surface area contributed by atoms with Crippen LogP contribution in [0.1, 0.15) is 5.56 Å². The highest BCUT2D eigenvalue weighted by molar-refractivity contribution is 7.86. The molecule has 2 aliphatic heterocycles. The zero-order chi connectivity index (χ0) is 14.3. The van der Waals surface area contributed by atoms with E-state index < -0.39 is 34.5 Å². The van der Waals surface area contributed by atoms with E-state index in [4.69, 9.17) is 13.7 Å². The Morgan fingerprint density at radius 2 is 1.80 bits per heavy atom. The summed E-state index contributed by atoms with van der Waals surface area (Å²) in [6, 6.07) is 6.42. The van der Waals surface area contributed by atoms with Crippen LogP contribution in [0.15, 0.2) is 29.2 Å². The van der Waals surface area contributed by atoms with Gasteiger partial charge in [0.25, 0.3) is 10.1 Å². The van der Waals surface area contributed by atoms with Gasteiger partial charge in [-0.25, -0.2) is 0 Å². The lowest BCUT2D eigenvalue weighted by molar-refractivity contribution is 0.00979. The maximum atomic E-state index is 12.2. The van der Waals surface area contributed by atoms with E-state index in [9.17, 15) is 13.5 Å². The molecular weight excluding hydrogens is 284 g/mol. The molecule has 2 unspecified atom stereocenters. The van der Waals surface area contributed by atoms with Gasteiger partial charge in [0, 0.05) is 0 Å². The standard InChI is InChI=1S/C13H16O6S/c1-8-2-4-9(5-3-8)20(15,16)19-11-7-18-12-10(14)6-17-13(11)12/h2-5,10-14H,6-7H2,1H3/t10-,11+,12?,13?/m0/s1. The lowest BCUT2D eigenvalue weighted by Gasteiger charge is -2.16. The monoisotopic (exact) mass is 300 g/mol. The van der Waals surface area contributed by atoms with Crippen molar-refractivity contribution in [3.05, 3.63) is 29.8 Å². The second-order valence-electron chi connectivity index (χ2n) is 5.07. The van der Waals surface area contributed by atoms with Crippen molar-refractivity contribution in [1.29, 1.82) is 0 Å². The molecule has 1 aromatic carbocycles.